The molecule has 0 bridgehead atoms. The van der Waals surface area contributed by atoms with E-state index in [0.29, 0.717) is 5.76 Å². The lowest BCUT2D eigenvalue weighted by Gasteiger charge is -2.29. The SMILES string of the molecule is OC(c1ccco1)C1NCCc2ccccc21. The van der Waals surface area contributed by atoms with Crippen molar-refractivity contribution in [3.8, 4) is 0 Å². The zero-order valence-electron chi connectivity index (χ0n) is 9.47. The topological polar surface area (TPSA) is 45.4 Å². The molecule has 0 aliphatic carbocycles. The van der Waals surface area contributed by atoms with Crippen molar-refractivity contribution in [2.24, 2.45) is 0 Å². The number of nitrogens with one attached hydrogen (secondary N) is 1. The summed E-state index contributed by atoms with van der Waals surface area (Å²) in [6.45, 7) is 0.888. The Balaban J connectivity index is 1.95. The Kier molecular flexibility index (Phi) is 2.71. The molecule has 2 aromatic rings. The highest BCUT2D eigenvalue weighted by Crippen LogP contribution is 2.33. The minimum atomic E-state index is -0.633. The van der Waals surface area contributed by atoms with E-state index in [1.165, 1.54) is 11.1 Å². The van der Waals surface area contributed by atoms with Crippen LogP contribution < -0.4 is 5.32 Å². The number of rotatable bonds is 2. The quantitative estimate of drug-likeness (QED) is 0.829. The molecule has 0 saturated heterocycles. The minimum Gasteiger partial charge on any atom is -0.467 e. The van der Waals surface area contributed by atoms with Crippen LogP contribution >= 0.6 is 0 Å². The van der Waals surface area contributed by atoms with E-state index in [-0.39, 0.29) is 6.04 Å². The molecule has 0 fully saturated rings. The number of fused-ring (bicyclic) bond motifs is 1. The van der Waals surface area contributed by atoms with E-state index in [1.54, 1.807) is 12.3 Å². The number of furan rings is 1. The molecule has 2 atom stereocenters. The van der Waals surface area contributed by atoms with Gasteiger partial charge in [-0.1, -0.05) is 24.3 Å². The van der Waals surface area contributed by atoms with Gasteiger partial charge in [-0.2, -0.15) is 0 Å². The second-order valence-electron chi connectivity index (χ2n) is 4.34. The third-order valence-electron chi connectivity index (χ3n) is 3.30. The van der Waals surface area contributed by atoms with Gasteiger partial charge in [0.2, 0.25) is 0 Å². The van der Waals surface area contributed by atoms with Crippen molar-refractivity contribution in [2.45, 2.75) is 18.6 Å². The summed E-state index contributed by atoms with van der Waals surface area (Å²) in [5.74, 6) is 0.610. The minimum absolute atomic E-state index is 0.0777. The van der Waals surface area contributed by atoms with Gasteiger partial charge in [-0.25, -0.2) is 0 Å². The molecule has 0 radical (unpaired) electrons. The Morgan fingerprint density at radius 3 is 2.94 bits per heavy atom. The molecule has 1 aliphatic heterocycles. The molecule has 0 spiro atoms. The maximum atomic E-state index is 10.3. The van der Waals surface area contributed by atoms with E-state index in [4.69, 9.17) is 4.42 Å². The van der Waals surface area contributed by atoms with Crippen LogP contribution in [0, 0.1) is 0 Å². The number of hydrogen-bond acceptors (Lipinski definition) is 3. The summed E-state index contributed by atoms with van der Waals surface area (Å²) in [4.78, 5) is 0. The second kappa shape index (κ2) is 4.35. The predicted molar refractivity (Wildman–Crippen MR) is 64.6 cm³/mol. The van der Waals surface area contributed by atoms with Crippen LogP contribution in [0.4, 0.5) is 0 Å². The first-order chi connectivity index (χ1) is 8.36. The average molecular weight is 229 g/mol. The average Bonchev–Trinajstić information content (AvgIpc) is 2.91. The van der Waals surface area contributed by atoms with E-state index >= 15 is 0 Å². The molecule has 3 heteroatoms. The highest BCUT2D eigenvalue weighted by Gasteiger charge is 2.28. The van der Waals surface area contributed by atoms with Crippen LogP contribution in [0.3, 0.4) is 0 Å². The molecule has 1 aliphatic rings. The first kappa shape index (κ1) is 10.6. The molecule has 88 valence electrons. The third kappa shape index (κ3) is 1.88. The Hall–Kier alpha value is -1.58. The van der Waals surface area contributed by atoms with Gasteiger partial charge in [0.15, 0.2) is 0 Å². The van der Waals surface area contributed by atoms with Crippen molar-refractivity contribution in [3.63, 3.8) is 0 Å². The predicted octanol–water partition coefficient (Wildman–Crippen LogP) is 2.20. The molecule has 3 nitrogen and oxygen atoms in total. The van der Waals surface area contributed by atoms with E-state index in [2.05, 4.69) is 17.4 Å². The van der Waals surface area contributed by atoms with Crippen molar-refractivity contribution in [1.29, 1.82) is 0 Å². The molecule has 0 amide bonds. The lowest BCUT2D eigenvalue weighted by molar-refractivity contribution is 0.102. The van der Waals surface area contributed by atoms with Crippen LogP contribution in [-0.4, -0.2) is 11.7 Å². The number of aliphatic hydroxyl groups is 1. The molecule has 17 heavy (non-hydrogen) atoms. The van der Waals surface area contributed by atoms with Gasteiger partial charge in [0, 0.05) is 0 Å². The van der Waals surface area contributed by atoms with Crippen molar-refractivity contribution < 1.29 is 9.52 Å². The van der Waals surface area contributed by atoms with Crippen molar-refractivity contribution in [3.05, 3.63) is 59.5 Å². The lowest BCUT2D eigenvalue weighted by atomic mass is 9.90. The Morgan fingerprint density at radius 2 is 2.12 bits per heavy atom. The fourth-order valence-electron chi connectivity index (χ4n) is 2.44. The van der Waals surface area contributed by atoms with E-state index in [9.17, 15) is 5.11 Å². The largest absolute Gasteiger partial charge is 0.467 e. The number of hydrogen-bond donors (Lipinski definition) is 2. The first-order valence-electron chi connectivity index (χ1n) is 5.89. The fourth-order valence-corrected chi connectivity index (χ4v) is 2.44. The molecule has 3 rings (SSSR count). The number of aliphatic hydroxyl groups excluding tert-OH is 1. The summed E-state index contributed by atoms with van der Waals surface area (Å²) in [6, 6.07) is 11.8. The van der Waals surface area contributed by atoms with Gasteiger partial charge in [-0.05, 0) is 36.2 Å². The normalized spacial score (nSPS) is 20.9. The standard InChI is InChI=1S/C14H15NO2/c16-14(12-6-3-9-17-12)13-11-5-2-1-4-10(11)7-8-15-13/h1-6,9,13-16H,7-8H2. The summed E-state index contributed by atoms with van der Waals surface area (Å²) in [5, 5.41) is 13.7. The Bertz CT molecular complexity index is 493. The zero-order valence-corrected chi connectivity index (χ0v) is 9.47. The zero-order chi connectivity index (χ0) is 11.7. The molecule has 1 aromatic heterocycles. The summed E-state index contributed by atoms with van der Waals surface area (Å²) in [6.07, 6.45) is 1.97. The maximum absolute atomic E-state index is 10.3. The first-order valence-corrected chi connectivity index (χ1v) is 5.89. The van der Waals surface area contributed by atoms with Crippen LogP contribution in [0.15, 0.2) is 47.1 Å². The summed E-state index contributed by atoms with van der Waals surface area (Å²) in [7, 11) is 0. The van der Waals surface area contributed by atoms with Gasteiger partial charge < -0.3 is 14.8 Å². The second-order valence-corrected chi connectivity index (χ2v) is 4.34. The van der Waals surface area contributed by atoms with E-state index in [1.807, 2.05) is 18.2 Å². The van der Waals surface area contributed by atoms with Gasteiger partial charge in [0.05, 0.1) is 12.3 Å². The monoisotopic (exact) mass is 229 g/mol. The highest BCUT2D eigenvalue weighted by atomic mass is 16.4. The molecular formula is C14H15NO2. The van der Waals surface area contributed by atoms with Gasteiger partial charge in [0.25, 0.3) is 0 Å². The molecule has 2 heterocycles. The van der Waals surface area contributed by atoms with Crippen LogP contribution in [-0.2, 0) is 6.42 Å². The maximum Gasteiger partial charge on any atom is 0.134 e. The van der Waals surface area contributed by atoms with Crippen molar-refractivity contribution in [2.75, 3.05) is 6.54 Å². The molecular weight excluding hydrogens is 214 g/mol. The van der Waals surface area contributed by atoms with Crippen LogP contribution in [0.2, 0.25) is 0 Å². The molecule has 1 aromatic carbocycles. The van der Waals surface area contributed by atoms with E-state index in [0.717, 1.165) is 13.0 Å². The summed E-state index contributed by atoms with van der Waals surface area (Å²) in [5.41, 5.74) is 2.48. The van der Waals surface area contributed by atoms with Gasteiger partial charge in [0.1, 0.15) is 11.9 Å². The van der Waals surface area contributed by atoms with Gasteiger partial charge >= 0.3 is 0 Å². The molecule has 2 unspecified atom stereocenters. The third-order valence-corrected chi connectivity index (χ3v) is 3.30. The van der Waals surface area contributed by atoms with Gasteiger partial charge in [-0.15, -0.1) is 0 Å². The molecule has 2 N–H and O–H groups in total. The lowest BCUT2D eigenvalue weighted by Crippen LogP contribution is -2.33. The van der Waals surface area contributed by atoms with Crippen molar-refractivity contribution >= 4 is 0 Å². The van der Waals surface area contributed by atoms with Crippen LogP contribution in [0.25, 0.3) is 0 Å². The van der Waals surface area contributed by atoms with Crippen molar-refractivity contribution in [1.82, 2.24) is 5.32 Å². The smallest absolute Gasteiger partial charge is 0.134 e. The summed E-state index contributed by atoms with van der Waals surface area (Å²) >= 11 is 0. The summed E-state index contributed by atoms with van der Waals surface area (Å²) < 4.78 is 5.27. The molecule has 0 saturated carbocycles. The van der Waals surface area contributed by atoms with Crippen LogP contribution in [0.5, 0.6) is 0 Å². The number of benzene rings is 1. The Labute approximate surface area is 100 Å². The fraction of sp³-hybridized carbons (Fsp3) is 0.286. The van der Waals surface area contributed by atoms with Gasteiger partial charge in [-0.3, -0.25) is 0 Å². The van der Waals surface area contributed by atoms with Crippen LogP contribution in [0.1, 0.15) is 29.0 Å². The Morgan fingerprint density at radius 1 is 1.24 bits per heavy atom. The highest BCUT2D eigenvalue weighted by molar-refractivity contribution is 5.34. The van der Waals surface area contributed by atoms with E-state index < -0.39 is 6.10 Å².